The summed E-state index contributed by atoms with van der Waals surface area (Å²) in [5.74, 6) is 0. The average Bonchev–Trinajstić information content (AvgIpc) is 1.94. The van der Waals surface area contributed by atoms with E-state index >= 15 is 0 Å². The van der Waals surface area contributed by atoms with Crippen LogP contribution >= 0.6 is 0 Å². The van der Waals surface area contributed by atoms with Crippen molar-refractivity contribution >= 4 is 6.29 Å². The van der Waals surface area contributed by atoms with Crippen LogP contribution in [0.25, 0.3) is 0 Å². The van der Waals surface area contributed by atoms with Crippen LogP contribution in [-0.4, -0.2) is 23.3 Å². The first-order valence-electron chi connectivity index (χ1n) is 5.33. The minimum absolute atomic E-state index is 0.0147. The number of halogens is 3. The zero-order valence-electron chi connectivity index (χ0n) is 8.36. The molecule has 84 valence electrons. The van der Waals surface area contributed by atoms with Gasteiger partial charge in [-0.15, -0.1) is 0 Å². The molecule has 4 heteroatoms. The quantitative estimate of drug-likeness (QED) is 0.618. The molecular weight excluding hydrogens is 205 g/mol. The van der Waals surface area contributed by atoms with E-state index in [9.17, 15) is 18.0 Å². The predicted molar refractivity (Wildman–Crippen MR) is 47.7 cm³/mol. The lowest BCUT2D eigenvalue weighted by molar-refractivity contribution is -0.210. The molecule has 4 fully saturated rings. The lowest BCUT2D eigenvalue weighted by atomic mass is 9.47. The lowest BCUT2D eigenvalue weighted by Gasteiger charge is -2.61. The van der Waals surface area contributed by atoms with Crippen molar-refractivity contribution in [1.29, 1.82) is 0 Å². The first-order chi connectivity index (χ1) is 6.80. The van der Waals surface area contributed by atoms with Crippen LogP contribution in [0.15, 0.2) is 0 Å². The number of carbonyl (C=O) groups is 1. The molecule has 0 amide bonds. The SMILES string of the molecule is O=CC12CC3(F)CC(F)(CC(F)(C3)C1)C2. The molecule has 0 N–H and O–H groups in total. The third-order valence-corrected chi connectivity index (χ3v) is 4.16. The molecule has 0 radical (unpaired) electrons. The summed E-state index contributed by atoms with van der Waals surface area (Å²) < 4.78 is 42.5. The van der Waals surface area contributed by atoms with E-state index in [1.54, 1.807) is 0 Å². The first kappa shape index (κ1) is 9.67. The highest BCUT2D eigenvalue weighted by Crippen LogP contribution is 2.67. The van der Waals surface area contributed by atoms with Gasteiger partial charge in [0.25, 0.3) is 0 Å². The van der Waals surface area contributed by atoms with E-state index in [1.165, 1.54) is 0 Å². The van der Waals surface area contributed by atoms with Gasteiger partial charge in [-0.05, 0) is 19.3 Å². The van der Waals surface area contributed by atoms with Crippen LogP contribution in [0, 0.1) is 5.41 Å². The molecule has 0 spiro atoms. The molecule has 4 aliphatic carbocycles. The Balaban J connectivity index is 2.10. The minimum Gasteiger partial charge on any atom is -0.303 e. The number of hydrogen-bond acceptors (Lipinski definition) is 1. The van der Waals surface area contributed by atoms with Crippen molar-refractivity contribution in [1.82, 2.24) is 0 Å². The molecule has 1 nitrogen and oxygen atoms in total. The summed E-state index contributed by atoms with van der Waals surface area (Å²) in [5.41, 5.74) is -6.45. The van der Waals surface area contributed by atoms with Gasteiger partial charge in [0.1, 0.15) is 23.3 Å². The number of rotatable bonds is 1. The zero-order valence-corrected chi connectivity index (χ0v) is 8.36. The Morgan fingerprint density at radius 1 is 0.733 bits per heavy atom. The van der Waals surface area contributed by atoms with Crippen LogP contribution < -0.4 is 0 Å². The number of alkyl halides is 3. The van der Waals surface area contributed by atoms with Gasteiger partial charge in [-0.1, -0.05) is 0 Å². The third-order valence-electron chi connectivity index (χ3n) is 4.16. The van der Waals surface area contributed by atoms with Gasteiger partial charge in [0.2, 0.25) is 0 Å². The lowest BCUT2D eigenvalue weighted by Crippen LogP contribution is -2.65. The largest absolute Gasteiger partial charge is 0.303 e. The van der Waals surface area contributed by atoms with Crippen molar-refractivity contribution in [3.63, 3.8) is 0 Å². The molecular formula is C11H13F3O. The summed E-state index contributed by atoms with van der Waals surface area (Å²) >= 11 is 0. The van der Waals surface area contributed by atoms with E-state index < -0.39 is 22.4 Å². The van der Waals surface area contributed by atoms with E-state index in [2.05, 4.69) is 0 Å². The number of hydrogen-bond donors (Lipinski definition) is 0. The maximum Gasteiger partial charge on any atom is 0.126 e. The highest BCUT2D eigenvalue weighted by molar-refractivity contribution is 5.62. The predicted octanol–water partition coefficient (Wildman–Crippen LogP) is 2.68. The third kappa shape index (κ3) is 1.20. The van der Waals surface area contributed by atoms with Crippen LogP contribution in [0.2, 0.25) is 0 Å². The van der Waals surface area contributed by atoms with Crippen LogP contribution in [0.4, 0.5) is 13.2 Å². The second kappa shape index (κ2) is 2.25. The molecule has 0 saturated heterocycles. The van der Waals surface area contributed by atoms with Crippen molar-refractivity contribution in [2.24, 2.45) is 5.41 Å². The Kier molecular flexibility index (Phi) is 1.45. The second-order valence-corrected chi connectivity index (χ2v) is 5.99. The standard InChI is InChI=1S/C11H13F3O/c12-9-1-8(7-15)2-10(13,4-9)6-11(14,3-8)5-9/h7H,1-6H2. The smallest absolute Gasteiger partial charge is 0.126 e. The molecule has 0 aromatic rings. The topological polar surface area (TPSA) is 17.1 Å². The second-order valence-electron chi connectivity index (χ2n) is 5.99. The Morgan fingerprint density at radius 3 is 1.33 bits per heavy atom. The molecule has 0 unspecified atom stereocenters. The van der Waals surface area contributed by atoms with Crippen LogP contribution in [0.1, 0.15) is 38.5 Å². The molecule has 0 aromatic heterocycles. The Bertz CT molecular complexity index is 287. The Labute approximate surface area is 86.0 Å². The average molecular weight is 218 g/mol. The van der Waals surface area contributed by atoms with Crippen LogP contribution in [-0.2, 0) is 4.79 Å². The van der Waals surface area contributed by atoms with E-state index in [1.807, 2.05) is 0 Å². The van der Waals surface area contributed by atoms with Gasteiger partial charge in [-0.3, -0.25) is 0 Å². The van der Waals surface area contributed by atoms with Gasteiger partial charge in [-0.2, -0.15) is 0 Å². The van der Waals surface area contributed by atoms with E-state index in [0.29, 0.717) is 6.29 Å². The monoisotopic (exact) mass is 218 g/mol. The molecule has 0 aromatic carbocycles. The molecule has 0 heterocycles. The number of carbonyl (C=O) groups excluding carboxylic acids is 1. The fourth-order valence-corrected chi connectivity index (χ4v) is 4.47. The molecule has 0 aliphatic heterocycles. The summed E-state index contributed by atoms with van der Waals surface area (Å²) in [6.07, 6.45) is -0.0340. The highest BCUT2D eigenvalue weighted by atomic mass is 19.2. The van der Waals surface area contributed by atoms with Gasteiger partial charge in [0.15, 0.2) is 0 Å². The van der Waals surface area contributed by atoms with E-state index in [0.717, 1.165) is 0 Å². The minimum atomic E-state index is -1.79. The van der Waals surface area contributed by atoms with E-state index in [4.69, 9.17) is 0 Å². The van der Waals surface area contributed by atoms with Crippen LogP contribution in [0.3, 0.4) is 0 Å². The fraction of sp³-hybridized carbons (Fsp3) is 0.909. The Morgan fingerprint density at radius 2 is 1.07 bits per heavy atom. The van der Waals surface area contributed by atoms with Gasteiger partial charge >= 0.3 is 0 Å². The summed E-state index contributed by atoms with van der Waals surface area (Å²) in [6.45, 7) is 0. The van der Waals surface area contributed by atoms with Crippen molar-refractivity contribution in [3.8, 4) is 0 Å². The highest BCUT2D eigenvalue weighted by Gasteiger charge is 2.70. The van der Waals surface area contributed by atoms with Gasteiger partial charge in [0, 0.05) is 24.7 Å². The number of aldehydes is 1. The maximum atomic E-state index is 14.2. The maximum absolute atomic E-state index is 14.2. The molecule has 15 heavy (non-hydrogen) atoms. The molecule has 4 aliphatic rings. The van der Waals surface area contributed by atoms with Crippen LogP contribution in [0.5, 0.6) is 0 Å². The first-order valence-corrected chi connectivity index (χ1v) is 5.33. The van der Waals surface area contributed by atoms with Crippen molar-refractivity contribution in [2.75, 3.05) is 0 Å². The van der Waals surface area contributed by atoms with Gasteiger partial charge in [0.05, 0.1) is 0 Å². The van der Waals surface area contributed by atoms with Crippen molar-refractivity contribution in [3.05, 3.63) is 0 Å². The summed E-state index contributed by atoms with van der Waals surface area (Å²) in [7, 11) is 0. The summed E-state index contributed by atoms with van der Waals surface area (Å²) in [4.78, 5) is 11.0. The Hall–Kier alpha value is -0.540. The molecule has 4 bridgehead atoms. The zero-order chi connectivity index (χ0) is 10.9. The van der Waals surface area contributed by atoms with Crippen molar-refractivity contribution < 1.29 is 18.0 Å². The normalized spacial score (nSPS) is 62.1. The van der Waals surface area contributed by atoms with Crippen molar-refractivity contribution in [2.45, 2.75) is 55.5 Å². The fourth-order valence-electron chi connectivity index (χ4n) is 4.47. The van der Waals surface area contributed by atoms with Gasteiger partial charge in [-0.25, -0.2) is 13.2 Å². The molecule has 4 saturated carbocycles. The molecule has 0 atom stereocenters. The summed E-state index contributed by atoms with van der Waals surface area (Å²) in [6, 6.07) is 0. The van der Waals surface area contributed by atoms with Gasteiger partial charge < -0.3 is 4.79 Å². The van der Waals surface area contributed by atoms with E-state index in [-0.39, 0.29) is 38.5 Å². The molecule has 4 rings (SSSR count). The summed E-state index contributed by atoms with van der Waals surface area (Å²) in [5, 5.41) is 0.